The monoisotopic (exact) mass is 358 g/mol. The molecule has 8 rings (SSSR count). The van der Waals surface area contributed by atoms with Crippen molar-refractivity contribution in [1.29, 1.82) is 0 Å². The normalized spacial score (nSPS) is 59.3. The van der Waals surface area contributed by atoms with Gasteiger partial charge in [-0.2, -0.15) is 0 Å². The van der Waals surface area contributed by atoms with E-state index in [9.17, 15) is 4.79 Å². The second-order valence-electron chi connectivity index (χ2n) is 7.92. The molecule has 4 unspecified atom stereocenters. The summed E-state index contributed by atoms with van der Waals surface area (Å²) in [6.45, 7) is 1.40. The fraction of sp³-hybridized carbons (Fsp3) is 0.611. The molecule has 1 aliphatic heterocycles. The van der Waals surface area contributed by atoms with Gasteiger partial charge in [0.2, 0.25) is 0 Å². The van der Waals surface area contributed by atoms with Crippen LogP contribution in [0.2, 0.25) is 0 Å². The molecule has 6 saturated carbocycles. The summed E-state index contributed by atoms with van der Waals surface area (Å²) in [5.41, 5.74) is 0.835. The second kappa shape index (κ2) is 2.99. The first kappa shape index (κ1) is 11.8. The molecule has 2 bridgehead atoms. The van der Waals surface area contributed by atoms with Gasteiger partial charge in [-0.1, -0.05) is 46.3 Å². The molecule has 7 fully saturated rings. The van der Waals surface area contributed by atoms with Gasteiger partial charge in [0.15, 0.2) is 11.6 Å². The van der Waals surface area contributed by atoms with Gasteiger partial charge in [0.05, 0.1) is 17.5 Å². The Bertz CT molecular complexity index is 733. The van der Waals surface area contributed by atoms with Crippen LogP contribution >= 0.6 is 15.9 Å². The van der Waals surface area contributed by atoms with Gasteiger partial charge in [0, 0.05) is 16.9 Å². The number of carbonyl (C=O) groups excluding carboxylic acids is 1. The molecule has 7 aliphatic rings. The Morgan fingerprint density at radius 3 is 2.18 bits per heavy atom. The summed E-state index contributed by atoms with van der Waals surface area (Å²) in [4.78, 5) is 13.2. The Labute approximate surface area is 136 Å². The van der Waals surface area contributed by atoms with Crippen LogP contribution in [0.5, 0.6) is 0 Å². The lowest BCUT2D eigenvalue weighted by Gasteiger charge is -2.90. The maximum atomic E-state index is 13.2. The lowest BCUT2D eigenvalue weighted by atomic mass is 9.12. The number of ketones is 1. The first-order valence-electron chi connectivity index (χ1n) is 8.27. The van der Waals surface area contributed by atoms with E-state index in [0.29, 0.717) is 54.5 Å². The Balaban J connectivity index is 1.36. The van der Waals surface area contributed by atoms with Crippen molar-refractivity contribution in [3.63, 3.8) is 0 Å². The summed E-state index contributed by atoms with van der Waals surface area (Å²) in [5, 5.41) is 0. The fourth-order valence-corrected chi connectivity index (χ4v) is 9.54. The van der Waals surface area contributed by atoms with Crippen molar-refractivity contribution in [2.45, 2.75) is 10.1 Å². The van der Waals surface area contributed by atoms with Gasteiger partial charge in [-0.25, -0.2) is 0 Å². The van der Waals surface area contributed by atoms with Gasteiger partial charge >= 0.3 is 0 Å². The van der Waals surface area contributed by atoms with Gasteiger partial charge in [0.25, 0.3) is 0 Å². The summed E-state index contributed by atoms with van der Waals surface area (Å²) in [5.74, 6) is 3.17. The van der Waals surface area contributed by atoms with Crippen molar-refractivity contribution in [3.05, 3.63) is 35.9 Å². The van der Waals surface area contributed by atoms with Crippen molar-refractivity contribution >= 4 is 21.7 Å². The molecule has 4 atom stereocenters. The summed E-state index contributed by atoms with van der Waals surface area (Å²) < 4.78 is 12.3. The number of Topliss-reactive ketones (excluding diaryl/α,β-unsaturated/α-hetero) is 1. The van der Waals surface area contributed by atoms with E-state index in [1.807, 2.05) is 30.3 Å². The van der Waals surface area contributed by atoms with Crippen LogP contribution in [0.1, 0.15) is 10.4 Å². The number of benzene rings is 1. The Morgan fingerprint density at radius 1 is 0.955 bits per heavy atom. The average Bonchev–Trinajstić information content (AvgIpc) is 3.07. The molecule has 0 amide bonds. The predicted octanol–water partition coefficient (Wildman–Crippen LogP) is 2.50. The summed E-state index contributed by atoms with van der Waals surface area (Å²) in [6.07, 6.45) is 0. The molecule has 1 spiro atoms. The third-order valence-corrected chi connectivity index (χ3v) is 9.67. The minimum absolute atomic E-state index is 0.0138. The van der Waals surface area contributed by atoms with Crippen LogP contribution in [0.3, 0.4) is 0 Å². The number of alkyl halides is 1. The molecule has 1 saturated heterocycles. The van der Waals surface area contributed by atoms with E-state index < -0.39 is 5.79 Å². The zero-order valence-corrected chi connectivity index (χ0v) is 13.5. The number of hydrogen-bond donors (Lipinski definition) is 0. The molecule has 1 aromatic carbocycles. The first-order valence-corrected chi connectivity index (χ1v) is 9.06. The predicted molar refractivity (Wildman–Crippen MR) is 80.4 cm³/mol. The van der Waals surface area contributed by atoms with Crippen molar-refractivity contribution in [1.82, 2.24) is 0 Å². The number of hydrogen-bond acceptors (Lipinski definition) is 3. The average molecular weight is 359 g/mol. The largest absolute Gasteiger partial charge is 0.346 e. The molecule has 1 heterocycles. The zero-order chi connectivity index (χ0) is 14.5. The SMILES string of the molecule is O=C(c1ccccc1)C12C3C4C1C1C2C3C1(Br)C41OCCO1. The van der Waals surface area contributed by atoms with Crippen molar-refractivity contribution in [3.8, 4) is 0 Å². The van der Waals surface area contributed by atoms with Crippen LogP contribution in [0.4, 0.5) is 0 Å². The molecule has 6 aliphatic carbocycles. The van der Waals surface area contributed by atoms with Crippen molar-refractivity contribution in [2.24, 2.45) is 40.9 Å². The number of rotatable bonds is 2. The van der Waals surface area contributed by atoms with Crippen LogP contribution in [-0.4, -0.2) is 29.1 Å². The van der Waals surface area contributed by atoms with Crippen molar-refractivity contribution < 1.29 is 14.3 Å². The molecular formula is C18H15BrO3. The third-order valence-electron chi connectivity index (χ3n) is 8.06. The lowest BCUT2D eigenvalue weighted by molar-refractivity contribution is -0.409. The summed E-state index contributed by atoms with van der Waals surface area (Å²) in [7, 11) is 0. The Morgan fingerprint density at radius 2 is 1.55 bits per heavy atom. The standard InChI is InChI=1S/C18H15BrO3/c19-17-12-9-13(17)11-14(18(17)21-6-7-22-18)10(12)16(9,11)15(20)8-4-2-1-3-5-8/h1-5,9-14H,6-7H2. The number of halogens is 1. The molecule has 1 aromatic rings. The third kappa shape index (κ3) is 0.711. The highest BCUT2D eigenvalue weighted by atomic mass is 79.9. The maximum Gasteiger partial charge on any atom is 0.187 e. The van der Waals surface area contributed by atoms with E-state index in [4.69, 9.17) is 9.47 Å². The van der Waals surface area contributed by atoms with E-state index in [0.717, 1.165) is 5.56 Å². The molecule has 0 aromatic heterocycles. The van der Waals surface area contributed by atoms with Gasteiger partial charge < -0.3 is 9.47 Å². The Kier molecular flexibility index (Phi) is 1.60. The first-order chi connectivity index (χ1) is 10.7. The van der Waals surface area contributed by atoms with E-state index in [1.165, 1.54) is 0 Å². The van der Waals surface area contributed by atoms with Crippen LogP contribution in [0, 0.1) is 40.9 Å². The smallest absolute Gasteiger partial charge is 0.187 e. The lowest BCUT2D eigenvalue weighted by Crippen LogP contribution is -2.93. The van der Waals surface area contributed by atoms with E-state index in [1.54, 1.807) is 0 Å². The quantitative estimate of drug-likeness (QED) is 0.601. The van der Waals surface area contributed by atoms with Crippen LogP contribution in [0.25, 0.3) is 0 Å². The minimum atomic E-state index is -0.412. The zero-order valence-electron chi connectivity index (χ0n) is 11.9. The highest BCUT2D eigenvalue weighted by Gasteiger charge is 3.10. The molecule has 22 heavy (non-hydrogen) atoms. The highest BCUT2D eigenvalue weighted by Crippen LogP contribution is 3.05. The molecule has 0 N–H and O–H groups in total. The van der Waals surface area contributed by atoms with E-state index in [2.05, 4.69) is 15.9 Å². The van der Waals surface area contributed by atoms with E-state index in [-0.39, 0.29) is 9.74 Å². The second-order valence-corrected chi connectivity index (χ2v) is 9.23. The van der Waals surface area contributed by atoms with Crippen molar-refractivity contribution in [2.75, 3.05) is 13.2 Å². The van der Waals surface area contributed by atoms with Gasteiger partial charge in [0.1, 0.15) is 0 Å². The molecule has 112 valence electrons. The summed E-state index contributed by atoms with van der Waals surface area (Å²) >= 11 is 4.04. The van der Waals surface area contributed by atoms with Gasteiger partial charge in [-0.15, -0.1) is 0 Å². The van der Waals surface area contributed by atoms with Crippen LogP contribution in [-0.2, 0) is 9.47 Å². The topological polar surface area (TPSA) is 35.5 Å². The number of carbonyl (C=O) groups is 1. The van der Waals surface area contributed by atoms with Gasteiger partial charge in [-0.05, 0) is 29.6 Å². The molecular weight excluding hydrogens is 344 g/mol. The maximum absolute atomic E-state index is 13.2. The minimum Gasteiger partial charge on any atom is -0.346 e. The number of ether oxygens (including phenoxy) is 2. The molecule has 0 radical (unpaired) electrons. The van der Waals surface area contributed by atoms with Gasteiger partial charge in [-0.3, -0.25) is 4.79 Å². The molecule has 4 heteroatoms. The summed E-state index contributed by atoms with van der Waals surface area (Å²) in [6, 6.07) is 9.87. The highest BCUT2D eigenvalue weighted by molar-refractivity contribution is 9.10. The van der Waals surface area contributed by atoms with Crippen LogP contribution < -0.4 is 0 Å². The van der Waals surface area contributed by atoms with E-state index >= 15 is 0 Å². The van der Waals surface area contributed by atoms with Crippen LogP contribution in [0.15, 0.2) is 30.3 Å². The fourth-order valence-electron chi connectivity index (χ4n) is 7.91. The molecule has 3 nitrogen and oxygen atoms in total. The Hall–Kier alpha value is -0.710.